The molecule has 7 nitrogen and oxygen atoms in total. The van der Waals surface area contributed by atoms with Gasteiger partial charge in [-0.05, 0) is 36.4 Å². The topological polar surface area (TPSA) is 84.0 Å². The van der Waals surface area contributed by atoms with Crippen LogP contribution >= 0.6 is 11.6 Å². The zero-order chi connectivity index (χ0) is 24.9. The summed E-state index contributed by atoms with van der Waals surface area (Å²) in [6.45, 7) is -0.468. The number of methoxy groups -OCH3 is 3. The van der Waals surface area contributed by atoms with Crippen LogP contribution in [-0.4, -0.2) is 44.7 Å². The minimum Gasteiger partial charge on any atom is -0.493 e. The van der Waals surface area contributed by atoms with E-state index in [0.717, 1.165) is 5.56 Å². The number of Topliss-reactive ketones (excluding diaryl/α,β-unsaturated/α-hetero) is 1. The van der Waals surface area contributed by atoms with Crippen molar-refractivity contribution in [3.63, 3.8) is 0 Å². The third-order valence-corrected chi connectivity index (χ3v) is 5.65. The number of nitrogens with zero attached hydrogens (tertiary/aromatic N) is 1. The molecular weight excluding hydrogens is 470 g/mol. The Bertz CT molecular complexity index is 1380. The highest BCUT2D eigenvalue weighted by Crippen LogP contribution is 2.38. The summed E-state index contributed by atoms with van der Waals surface area (Å²) in [5.74, 6) is -0.0430. The second kappa shape index (κ2) is 10.4. The summed E-state index contributed by atoms with van der Waals surface area (Å²) in [5.41, 5.74) is 2.57. The predicted molar refractivity (Wildman–Crippen MR) is 133 cm³/mol. The number of aromatic nitrogens is 1. The average Bonchev–Trinajstić information content (AvgIpc) is 2.90. The third-order valence-electron chi connectivity index (χ3n) is 5.40. The Morgan fingerprint density at radius 3 is 2.14 bits per heavy atom. The molecule has 3 aromatic carbocycles. The van der Waals surface area contributed by atoms with Gasteiger partial charge in [0, 0.05) is 21.5 Å². The minimum absolute atomic E-state index is 0.258. The van der Waals surface area contributed by atoms with E-state index in [1.54, 1.807) is 24.3 Å². The van der Waals surface area contributed by atoms with Crippen LogP contribution in [0.25, 0.3) is 22.2 Å². The number of halogens is 1. The van der Waals surface area contributed by atoms with Crippen LogP contribution in [0.2, 0.25) is 5.02 Å². The molecule has 35 heavy (non-hydrogen) atoms. The molecule has 0 fully saturated rings. The van der Waals surface area contributed by atoms with E-state index in [4.69, 9.17) is 30.5 Å². The minimum atomic E-state index is -0.639. The molecule has 0 spiro atoms. The van der Waals surface area contributed by atoms with E-state index in [2.05, 4.69) is 4.98 Å². The van der Waals surface area contributed by atoms with Crippen molar-refractivity contribution >= 4 is 34.3 Å². The van der Waals surface area contributed by atoms with E-state index in [-0.39, 0.29) is 5.56 Å². The fraction of sp³-hybridized carbons (Fsp3) is 0.148. The van der Waals surface area contributed by atoms with Crippen LogP contribution in [0.4, 0.5) is 0 Å². The summed E-state index contributed by atoms with van der Waals surface area (Å²) in [7, 11) is 4.39. The average molecular weight is 492 g/mol. The van der Waals surface area contributed by atoms with Crippen LogP contribution < -0.4 is 14.2 Å². The smallest absolute Gasteiger partial charge is 0.339 e. The van der Waals surface area contributed by atoms with Gasteiger partial charge >= 0.3 is 5.97 Å². The van der Waals surface area contributed by atoms with Gasteiger partial charge < -0.3 is 18.9 Å². The van der Waals surface area contributed by atoms with Crippen molar-refractivity contribution in [1.29, 1.82) is 0 Å². The summed E-state index contributed by atoms with van der Waals surface area (Å²) in [4.78, 5) is 30.6. The van der Waals surface area contributed by atoms with Crippen molar-refractivity contribution in [2.24, 2.45) is 0 Å². The second-order valence-corrected chi connectivity index (χ2v) is 7.93. The normalized spacial score (nSPS) is 10.6. The van der Waals surface area contributed by atoms with Gasteiger partial charge in [-0.15, -0.1) is 0 Å². The third kappa shape index (κ3) is 5.05. The van der Waals surface area contributed by atoms with Crippen molar-refractivity contribution in [1.82, 2.24) is 4.98 Å². The summed E-state index contributed by atoms with van der Waals surface area (Å²) < 4.78 is 21.3. The standard InChI is InChI=1S/C27H22ClNO6/c1-32-24-12-17(13-25(33-2)26(24)34-3)23(30)15-35-27(31)20-14-22(16-8-10-18(28)11-9-16)29-21-7-5-4-6-19(20)21/h4-14H,15H2,1-3H3. The number of pyridine rings is 1. The molecule has 0 aliphatic carbocycles. The van der Waals surface area contributed by atoms with Crippen LogP contribution in [0, 0.1) is 0 Å². The van der Waals surface area contributed by atoms with Crippen LogP contribution in [0.15, 0.2) is 66.7 Å². The van der Waals surface area contributed by atoms with E-state index < -0.39 is 18.4 Å². The number of carbonyl (C=O) groups is 2. The van der Waals surface area contributed by atoms with Crippen molar-refractivity contribution < 1.29 is 28.5 Å². The molecule has 0 atom stereocenters. The molecule has 178 valence electrons. The number of esters is 1. The van der Waals surface area contributed by atoms with Crippen molar-refractivity contribution in [2.45, 2.75) is 0 Å². The Kier molecular flexibility index (Phi) is 7.17. The summed E-state index contributed by atoms with van der Waals surface area (Å²) in [6.07, 6.45) is 0. The van der Waals surface area contributed by atoms with Crippen molar-refractivity contribution in [2.75, 3.05) is 27.9 Å². The zero-order valence-electron chi connectivity index (χ0n) is 19.3. The number of ether oxygens (including phenoxy) is 4. The number of rotatable bonds is 8. The van der Waals surface area contributed by atoms with Gasteiger partial charge in [-0.1, -0.05) is 41.9 Å². The number of ketones is 1. The largest absolute Gasteiger partial charge is 0.493 e. The first-order valence-electron chi connectivity index (χ1n) is 10.6. The van der Waals surface area contributed by atoms with Crippen molar-refractivity contribution in [3.8, 4) is 28.5 Å². The summed E-state index contributed by atoms with van der Waals surface area (Å²) in [6, 6.07) is 19.1. The number of carbonyl (C=O) groups excluding carboxylic acids is 2. The van der Waals surface area contributed by atoms with E-state index in [1.807, 2.05) is 30.3 Å². The lowest BCUT2D eigenvalue weighted by molar-refractivity contribution is 0.0476. The number of hydrogen-bond donors (Lipinski definition) is 0. The molecule has 8 heteroatoms. The molecule has 0 unspecified atom stereocenters. The maximum atomic E-state index is 13.1. The Morgan fingerprint density at radius 2 is 1.51 bits per heavy atom. The first-order chi connectivity index (χ1) is 16.9. The molecule has 4 rings (SSSR count). The van der Waals surface area contributed by atoms with Gasteiger partial charge in [0.25, 0.3) is 0 Å². The van der Waals surface area contributed by atoms with Crippen LogP contribution in [0.3, 0.4) is 0 Å². The van der Waals surface area contributed by atoms with Gasteiger partial charge in [0.15, 0.2) is 18.1 Å². The summed E-state index contributed by atoms with van der Waals surface area (Å²) >= 11 is 6.00. The van der Waals surface area contributed by atoms with Gasteiger partial charge in [0.05, 0.1) is 38.1 Å². The lowest BCUT2D eigenvalue weighted by Crippen LogP contribution is -2.15. The molecular formula is C27H22ClNO6. The highest BCUT2D eigenvalue weighted by Gasteiger charge is 2.20. The van der Waals surface area contributed by atoms with E-state index >= 15 is 0 Å². The van der Waals surface area contributed by atoms with Gasteiger partial charge in [0.1, 0.15) is 0 Å². The molecule has 0 bridgehead atoms. The monoisotopic (exact) mass is 491 g/mol. The Hall–Kier alpha value is -4.10. The van der Waals surface area contributed by atoms with Crippen LogP contribution in [0.1, 0.15) is 20.7 Å². The van der Waals surface area contributed by atoms with Crippen molar-refractivity contribution in [3.05, 3.63) is 82.9 Å². The molecule has 0 aliphatic heterocycles. The fourth-order valence-electron chi connectivity index (χ4n) is 3.65. The van der Waals surface area contributed by atoms with Gasteiger partial charge in [-0.3, -0.25) is 4.79 Å². The maximum absolute atomic E-state index is 13.1. The second-order valence-electron chi connectivity index (χ2n) is 7.49. The molecule has 0 saturated heterocycles. The quantitative estimate of drug-likeness (QED) is 0.233. The Balaban J connectivity index is 1.62. The lowest BCUT2D eigenvalue weighted by Gasteiger charge is -2.14. The number of para-hydroxylation sites is 1. The molecule has 0 N–H and O–H groups in total. The van der Waals surface area contributed by atoms with Gasteiger partial charge in [0.2, 0.25) is 11.5 Å². The molecule has 1 aromatic heterocycles. The molecule has 4 aromatic rings. The highest BCUT2D eigenvalue weighted by molar-refractivity contribution is 6.30. The Morgan fingerprint density at radius 1 is 0.857 bits per heavy atom. The fourth-order valence-corrected chi connectivity index (χ4v) is 3.77. The molecule has 0 aliphatic rings. The molecule has 0 radical (unpaired) electrons. The van der Waals surface area contributed by atoms with Gasteiger partial charge in [-0.2, -0.15) is 0 Å². The predicted octanol–water partition coefficient (Wildman–Crippen LogP) is 5.62. The highest BCUT2D eigenvalue weighted by atomic mass is 35.5. The first-order valence-corrected chi connectivity index (χ1v) is 11.0. The van der Waals surface area contributed by atoms with Gasteiger partial charge in [-0.25, -0.2) is 9.78 Å². The Labute approximate surface area is 207 Å². The number of fused-ring (bicyclic) bond motifs is 1. The number of benzene rings is 3. The molecule has 0 saturated carbocycles. The first kappa shape index (κ1) is 24.0. The van der Waals surface area contributed by atoms with Crippen LogP contribution in [-0.2, 0) is 4.74 Å². The number of hydrogen-bond acceptors (Lipinski definition) is 7. The molecule has 1 heterocycles. The lowest BCUT2D eigenvalue weighted by atomic mass is 10.0. The van der Waals surface area contributed by atoms with E-state index in [0.29, 0.717) is 44.4 Å². The molecule has 0 amide bonds. The summed E-state index contributed by atoms with van der Waals surface area (Å²) in [5, 5.41) is 1.22. The zero-order valence-corrected chi connectivity index (χ0v) is 20.1. The van der Waals surface area contributed by atoms with E-state index in [1.165, 1.54) is 33.5 Å². The maximum Gasteiger partial charge on any atom is 0.339 e. The van der Waals surface area contributed by atoms with Crippen LogP contribution in [0.5, 0.6) is 17.2 Å². The SMILES string of the molecule is COc1cc(C(=O)COC(=O)c2cc(-c3ccc(Cl)cc3)nc3ccccc23)cc(OC)c1OC. The van der Waals surface area contributed by atoms with E-state index in [9.17, 15) is 9.59 Å².